The number of rotatable bonds is 42. The normalized spacial score (nSPS) is 12.0. The van der Waals surface area contributed by atoms with Crippen molar-refractivity contribution in [3.63, 3.8) is 0 Å². The Balaban J connectivity index is 1.73. The quantitative estimate of drug-likeness (QED) is 0.0224. The summed E-state index contributed by atoms with van der Waals surface area (Å²) in [5, 5.41) is 0. The number of carbonyl (C=O) groups is 2. The minimum Gasteiger partial charge on any atom is -0.463 e. The van der Waals surface area contributed by atoms with Crippen molar-refractivity contribution >= 4 is 11.9 Å². The smallest absolute Gasteiger partial charge is 0.313 e. The number of ether oxygens (including phenoxy) is 13. The van der Waals surface area contributed by atoms with Gasteiger partial charge >= 0.3 is 11.9 Å². The van der Waals surface area contributed by atoms with Crippen LogP contribution in [-0.4, -0.2) is 164 Å². The molecule has 1 aromatic carbocycles. The molecule has 0 amide bonds. The monoisotopic (exact) mass is 866 g/mol. The second-order valence-corrected chi connectivity index (χ2v) is 12.3. The predicted molar refractivity (Wildman–Crippen MR) is 200 cm³/mol. The van der Waals surface area contributed by atoms with Gasteiger partial charge in [-0.2, -0.15) is 8.78 Å². The van der Waals surface area contributed by atoms with Crippen LogP contribution in [0.4, 0.5) is 22.0 Å². The Hall–Kier alpha value is -2.63. The van der Waals surface area contributed by atoms with Crippen LogP contribution in [0.15, 0.2) is 0 Å². The van der Waals surface area contributed by atoms with Crippen molar-refractivity contribution in [1.82, 2.24) is 0 Å². The molecule has 0 aliphatic heterocycles. The zero-order valence-corrected chi connectivity index (χ0v) is 34.4. The number of esters is 2. The first-order valence-electron chi connectivity index (χ1n) is 20.0. The highest BCUT2D eigenvalue weighted by Crippen LogP contribution is 2.29. The molecule has 0 aliphatic carbocycles. The summed E-state index contributed by atoms with van der Waals surface area (Å²) in [6.07, 6.45) is 3.26. The third-order valence-corrected chi connectivity index (χ3v) is 7.76. The minimum absolute atomic E-state index is 0.0255. The number of benzene rings is 1. The van der Waals surface area contributed by atoms with Gasteiger partial charge in [-0.3, -0.25) is 9.59 Å². The Morgan fingerprint density at radius 2 is 0.712 bits per heavy atom. The Kier molecular flexibility index (Phi) is 35.3. The van der Waals surface area contributed by atoms with E-state index < -0.39 is 47.2 Å². The topological polar surface area (TPSA) is 154 Å². The molecule has 0 saturated heterocycles. The van der Waals surface area contributed by atoms with Gasteiger partial charge in [-0.25, -0.2) is 13.2 Å². The van der Waals surface area contributed by atoms with E-state index in [1.165, 1.54) is 0 Å². The van der Waals surface area contributed by atoms with Gasteiger partial charge in [0.15, 0.2) is 0 Å². The van der Waals surface area contributed by atoms with Crippen molar-refractivity contribution in [2.45, 2.75) is 46.0 Å². The molecule has 0 N–H and O–H groups in total. The van der Waals surface area contributed by atoms with E-state index in [2.05, 4.69) is 11.7 Å². The molecule has 15 nitrogen and oxygen atoms in total. The lowest BCUT2D eigenvalue weighted by atomic mass is 10.00. The van der Waals surface area contributed by atoms with Gasteiger partial charge in [-0.1, -0.05) is 26.7 Å². The predicted octanol–water partition coefficient (Wildman–Crippen LogP) is 4.62. The molecule has 0 bridgehead atoms. The highest BCUT2D eigenvalue weighted by molar-refractivity contribution is 5.72. The first-order valence-corrected chi connectivity index (χ1v) is 20.0. The lowest BCUT2D eigenvalue weighted by Gasteiger charge is -2.13. The van der Waals surface area contributed by atoms with Crippen molar-refractivity contribution in [2.24, 2.45) is 5.92 Å². The van der Waals surface area contributed by atoms with Gasteiger partial charge in [0.05, 0.1) is 158 Å². The zero-order chi connectivity index (χ0) is 43.2. The molecule has 1 unspecified atom stereocenters. The van der Waals surface area contributed by atoms with Gasteiger partial charge in [-0.15, -0.1) is 0 Å². The van der Waals surface area contributed by atoms with E-state index >= 15 is 0 Å². The number of unbranched alkanes of at least 4 members (excludes halogenated alkanes) is 1. The van der Waals surface area contributed by atoms with Crippen LogP contribution in [0, 0.1) is 35.0 Å². The molecule has 1 atom stereocenters. The van der Waals surface area contributed by atoms with Crippen LogP contribution in [0.25, 0.3) is 0 Å². The van der Waals surface area contributed by atoms with Crippen molar-refractivity contribution in [3.8, 4) is 5.75 Å². The fourth-order valence-corrected chi connectivity index (χ4v) is 4.55. The fourth-order valence-electron chi connectivity index (χ4n) is 4.55. The van der Waals surface area contributed by atoms with Gasteiger partial charge in [-0.05, 0) is 12.8 Å². The Labute approximate surface area is 343 Å². The second kappa shape index (κ2) is 38.3. The van der Waals surface area contributed by atoms with E-state index in [1.54, 1.807) is 0 Å². The summed E-state index contributed by atoms with van der Waals surface area (Å²) < 4.78 is 135. The lowest BCUT2D eigenvalue weighted by molar-refractivity contribution is -0.150. The molecule has 0 radical (unpaired) electrons. The molecule has 0 spiro atoms. The Morgan fingerprint density at radius 3 is 1.02 bits per heavy atom. The van der Waals surface area contributed by atoms with E-state index in [0.29, 0.717) is 119 Å². The van der Waals surface area contributed by atoms with Crippen LogP contribution < -0.4 is 4.74 Å². The zero-order valence-electron chi connectivity index (χ0n) is 34.4. The average molecular weight is 867 g/mol. The van der Waals surface area contributed by atoms with Crippen LogP contribution >= 0.6 is 0 Å². The van der Waals surface area contributed by atoms with E-state index in [-0.39, 0.29) is 44.9 Å². The van der Waals surface area contributed by atoms with Crippen molar-refractivity contribution in [3.05, 3.63) is 29.1 Å². The molecule has 0 fully saturated rings. The van der Waals surface area contributed by atoms with Crippen molar-refractivity contribution < 1.29 is 93.1 Å². The molecule has 20 heteroatoms. The first-order chi connectivity index (χ1) is 28.7. The minimum atomic E-state index is -2.35. The molecule has 344 valence electrons. The number of hydrogen-bond acceptors (Lipinski definition) is 15. The second-order valence-electron chi connectivity index (χ2n) is 12.3. The average Bonchev–Trinajstić information content (AvgIpc) is 3.23. The summed E-state index contributed by atoms with van der Waals surface area (Å²) in [6, 6.07) is 0. The largest absolute Gasteiger partial charge is 0.463 e. The van der Waals surface area contributed by atoms with Gasteiger partial charge in [0.1, 0.15) is 6.61 Å². The van der Waals surface area contributed by atoms with Crippen LogP contribution in [-0.2, 0) is 66.4 Å². The van der Waals surface area contributed by atoms with Crippen LogP contribution in [0.3, 0.4) is 0 Å². The fraction of sp³-hybridized carbons (Fsp3) is 0.795. The van der Waals surface area contributed by atoms with Gasteiger partial charge in [0, 0.05) is 0 Å². The lowest BCUT2D eigenvalue weighted by Crippen LogP contribution is -2.20. The summed E-state index contributed by atoms with van der Waals surface area (Å²) in [4.78, 5) is 23.7. The van der Waals surface area contributed by atoms with E-state index in [4.69, 9.17) is 56.8 Å². The highest BCUT2D eigenvalue weighted by atomic mass is 19.2. The summed E-state index contributed by atoms with van der Waals surface area (Å²) in [5.74, 6) is -14.3. The van der Waals surface area contributed by atoms with Crippen LogP contribution in [0.1, 0.15) is 46.0 Å². The SMILES string of the molecule is CCCCC(CC)C(=O)OCCOCCOCCOCCOCCOCCOCCOCCOCCOCCOCCOCCC(=O)Oc1c(F)c(F)c(F)c(F)c1F. The van der Waals surface area contributed by atoms with Crippen molar-refractivity contribution in [1.29, 1.82) is 0 Å². The van der Waals surface area contributed by atoms with Crippen LogP contribution in [0.2, 0.25) is 0 Å². The molecule has 0 saturated carbocycles. The van der Waals surface area contributed by atoms with Crippen molar-refractivity contribution in [2.75, 3.05) is 152 Å². The maximum atomic E-state index is 13.6. The third-order valence-electron chi connectivity index (χ3n) is 7.76. The van der Waals surface area contributed by atoms with E-state index in [1.807, 2.05) is 6.92 Å². The molecule has 59 heavy (non-hydrogen) atoms. The number of halogens is 5. The summed E-state index contributed by atoms with van der Waals surface area (Å²) >= 11 is 0. The maximum Gasteiger partial charge on any atom is 0.313 e. The highest BCUT2D eigenvalue weighted by Gasteiger charge is 2.28. The molecule has 0 aromatic heterocycles. The molecular formula is C39H63F5O15. The molecule has 0 aliphatic rings. The Morgan fingerprint density at radius 1 is 0.424 bits per heavy atom. The van der Waals surface area contributed by atoms with E-state index in [0.717, 1.165) is 25.7 Å². The number of hydrogen-bond donors (Lipinski definition) is 0. The maximum absolute atomic E-state index is 13.6. The standard InChI is InChI=1S/C39H63F5O15/c1-3-5-6-31(4-2)39(46)58-30-29-57-28-27-56-26-25-55-24-23-54-22-21-53-20-19-52-18-17-51-16-15-50-14-13-49-12-11-48-10-9-47-8-7-32(45)59-38-36(43)34(41)33(40)35(42)37(38)44/h31H,3-30H2,1-2H3. The summed E-state index contributed by atoms with van der Waals surface area (Å²) in [7, 11) is 0. The van der Waals surface area contributed by atoms with E-state index in [9.17, 15) is 31.5 Å². The van der Waals surface area contributed by atoms with Gasteiger partial charge in [0.25, 0.3) is 0 Å². The third kappa shape index (κ3) is 28.5. The molecule has 1 rings (SSSR count). The summed E-state index contributed by atoms with van der Waals surface area (Å²) in [5.41, 5.74) is 0. The molecule has 0 heterocycles. The van der Waals surface area contributed by atoms with Gasteiger partial charge < -0.3 is 61.6 Å². The number of carbonyl (C=O) groups excluding carboxylic acids is 2. The molecule has 1 aromatic rings. The summed E-state index contributed by atoms with van der Waals surface area (Å²) in [6.45, 7) is 12.1. The van der Waals surface area contributed by atoms with Gasteiger partial charge in [0.2, 0.25) is 34.8 Å². The molecular weight excluding hydrogens is 803 g/mol. The van der Waals surface area contributed by atoms with Crippen LogP contribution in [0.5, 0.6) is 5.75 Å². The first kappa shape index (κ1) is 54.4. The Bertz CT molecular complexity index is 1170.